The molecule has 7 nitrogen and oxygen atoms in total. The number of hydrogen-bond donors (Lipinski definition) is 3. The highest BCUT2D eigenvalue weighted by molar-refractivity contribution is 7.88. The summed E-state index contributed by atoms with van der Waals surface area (Å²) in [7, 11) is -3.67. The Morgan fingerprint density at radius 2 is 2.00 bits per heavy atom. The number of primary sulfonamides is 1. The molecule has 1 aliphatic rings. The first kappa shape index (κ1) is 16.4. The van der Waals surface area contributed by atoms with Gasteiger partial charge in [0.1, 0.15) is 0 Å². The zero-order chi connectivity index (χ0) is 16.4. The number of rotatable bonds is 6. The standard InChI is InChI=1S/C14H18N2O5S/c15-22(20,21)9-10-3-1-4-11(7-10)13(19)16-14(5-2-6-14)8-12(17)18/h1,3-4,7H,2,5-6,8-9H2,(H,16,19)(H,17,18)(H2,15,20,21). The van der Waals surface area contributed by atoms with Crippen molar-refractivity contribution in [1.29, 1.82) is 0 Å². The third-order valence-electron chi connectivity index (χ3n) is 3.74. The number of nitrogens with two attached hydrogens (primary N) is 1. The third-order valence-corrected chi connectivity index (χ3v) is 4.47. The molecule has 120 valence electrons. The molecule has 4 N–H and O–H groups in total. The summed E-state index contributed by atoms with van der Waals surface area (Å²) in [5, 5.41) is 16.7. The summed E-state index contributed by atoms with van der Waals surface area (Å²) in [6.07, 6.45) is 2.01. The predicted octanol–water partition coefficient (Wildman–Crippen LogP) is 0.602. The van der Waals surface area contributed by atoms with Gasteiger partial charge in [0.2, 0.25) is 10.0 Å². The zero-order valence-electron chi connectivity index (χ0n) is 11.9. The molecular formula is C14H18N2O5S. The molecule has 2 rings (SSSR count). The first-order chi connectivity index (χ1) is 10.2. The molecule has 0 unspecified atom stereocenters. The molecule has 8 heteroatoms. The Morgan fingerprint density at radius 1 is 1.32 bits per heavy atom. The van der Waals surface area contributed by atoms with Crippen LogP contribution in [0, 0.1) is 0 Å². The van der Waals surface area contributed by atoms with Gasteiger partial charge in [0.25, 0.3) is 5.91 Å². The van der Waals surface area contributed by atoms with Gasteiger partial charge in [-0.05, 0) is 37.0 Å². The molecular weight excluding hydrogens is 308 g/mol. The summed E-state index contributed by atoms with van der Waals surface area (Å²) in [6.45, 7) is 0. The van der Waals surface area contributed by atoms with Crippen molar-refractivity contribution in [3.8, 4) is 0 Å². The first-order valence-electron chi connectivity index (χ1n) is 6.83. The van der Waals surface area contributed by atoms with E-state index in [1.54, 1.807) is 18.2 Å². The lowest BCUT2D eigenvalue weighted by atomic mass is 9.74. The van der Waals surface area contributed by atoms with E-state index >= 15 is 0 Å². The van der Waals surface area contributed by atoms with Gasteiger partial charge in [0, 0.05) is 5.56 Å². The number of amides is 1. The Bertz CT molecular complexity index is 695. The van der Waals surface area contributed by atoms with Gasteiger partial charge in [-0.25, -0.2) is 13.6 Å². The van der Waals surface area contributed by atoms with Crippen molar-refractivity contribution in [3.63, 3.8) is 0 Å². The van der Waals surface area contributed by atoms with Crippen LogP contribution in [0.2, 0.25) is 0 Å². The van der Waals surface area contributed by atoms with Crippen LogP contribution in [0.3, 0.4) is 0 Å². The van der Waals surface area contributed by atoms with E-state index in [2.05, 4.69) is 5.32 Å². The van der Waals surface area contributed by atoms with Crippen molar-refractivity contribution >= 4 is 21.9 Å². The van der Waals surface area contributed by atoms with Gasteiger partial charge in [-0.15, -0.1) is 0 Å². The lowest BCUT2D eigenvalue weighted by molar-refractivity contribution is -0.139. The third kappa shape index (κ3) is 4.28. The second-order valence-corrected chi connectivity index (χ2v) is 7.28. The van der Waals surface area contributed by atoms with Crippen molar-refractivity contribution in [2.45, 2.75) is 37.0 Å². The van der Waals surface area contributed by atoms with Crippen molar-refractivity contribution in [3.05, 3.63) is 35.4 Å². The van der Waals surface area contributed by atoms with Crippen LogP contribution < -0.4 is 10.5 Å². The minimum atomic E-state index is -3.67. The van der Waals surface area contributed by atoms with E-state index in [0.29, 0.717) is 18.4 Å². The van der Waals surface area contributed by atoms with E-state index in [1.165, 1.54) is 6.07 Å². The molecule has 0 spiro atoms. The molecule has 0 saturated heterocycles. The second-order valence-electron chi connectivity index (χ2n) is 5.67. The van der Waals surface area contributed by atoms with Crippen LogP contribution in [-0.4, -0.2) is 30.9 Å². The van der Waals surface area contributed by atoms with E-state index < -0.39 is 27.4 Å². The average Bonchev–Trinajstić information content (AvgIpc) is 2.33. The van der Waals surface area contributed by atoms with E-state index in [1.807, 2.05) is 0 Å². The summed E-state index contributed by atoms with van der Waals surface area (Å²) < 4.78 is 22.2. The lowest BCUT2D eigenvalue weighted by Crippen LogP contribution is -2.54. The minimum Gasteiger partial charge on any atom is -0.481 e. The number of carboxylic acid groups (broad SMARTS) is 1. The number of nitrogens with one attached hydrogen (secondary N) is 1. The Hall–Kier alpha value is -1.93. The fourth-order valence-corrected chi connectivity index (χ4v) is 3.23. The molecule has 1 fully saturated rings. The highest BCUT2D eigenvalue weighted by Crippen LogP contribution is 2.35. The van der Waals surface area contributed by atoms with Gasteiger partial charge >= 0.3 is 5.97 Å². The molecule has 1 amide bonds. The molecule has 1 saturated carbocycles. The summed E-state index contributed by atoms with van der Waals surface area (Å²) >= 11 is 0. The summed E-state index contributed by atoms with van der Waals surface area (Å²) in [6, 6.07) is 6.14. The molecule has 0 heterocycles. The highest BCUT2D eigenvalue weighted by atomic mass is 32.2. The summed E-state index contributed by atoms with van der Waals surface area (Å²) in [5.41, 5.74) is 0.00708. The molecule has 0 bridgehead atoms. The van der Waals surface area contributed by atoms with Gasteiger partial charge in [-0.3, -0.25) is 9.59 Å². The molecule has 0 aliphatic heterocycles. The molecule has 0 aromatic heterocycles. The van der Waals surface area contributed by atoms with Gasteiger partial charge < -0.3 is 10.4 Å². The maximum atomic E-state index is 12.3. The van der Waals surface area contributed by atoms with Crippen molar-refractivity contribution in [2.75, 3.05) is 0 Å². The lowest BCUT2D eigenvalue weighted by Gasteiger charge is -2.41. The first-order valence-corrected chi connectivity index (χ1v) is 8.54. The van der Waals surface area contributed by atoms with Crippen LogP contribution in [-0.2, 0) is 20.6 Å². The molecule has 0 radical (unpaired) electrons. The predicted molar refractivity (Wildman–Crippen MR) is 79.6 cm³/mol. The van der Waals surface area contributed by atoms with Gasteiger partial charge in [-0.1, -0.05) is 12.1 Å². The number of carboxylic acids is 1. The van der Waals surface area contributed by atoms with Gasteiger partial charge in [0.15, 0.2) is 0 Å². The zero-order valence-corrected chi connectivity index (χ0v) is 12.7. The van der Waals surface area contributed by atoms with Gasteiger partial charge in [0.05, 0.1) is 17.7 Å². The smallest absolute Gasteiger partial charge is 0.305 e. The Kier molecular flexibility index (Phi) is 4.52. The maximum absolute atomic E-state index is 12.3. The number of aliphatic carboxylic acids is 1. The van der Waals surface area contributed by atoms with Crippen molar-refractivity contribution in [2.24, 2.45) is 5.14 Å². The fourth-order valence-electron chi connectivity index (χ4n) is 2.59. The van der Waals surface area contributed by atoms with E-state index in [0.717, 1.165) is 6.42 Å². The van der Waals surface area contributed by atoms with Crippen LogP contribution in [0.1, 0.15) is 41.6 Å². The van der Waals surface area contributed by atoms with Crippen LogP contribution in [0.15, 0.2) is 24.3 Å². The normalized spacial score (nSPS) is 16.6. The molecule has 22 heavy (non-hydrogen) atoms. The summed E-state index contributed by atoms with van der Waals surface area (Å²) in [5.74, 6) is -1.71. The summed E-state index contributed by atoms with van der Waals surface area (Å²) in [4.78, 5) is 23.2. The Labute approximate surface area is 128 Å². The molecule has 1 aliphatic carbocycles. The number of hydrogen-bond acceptors (Lipinski definition) is 4. The second kappa shape index (κ2) is 6.05. The van der Waals surface area contributed by atoms with Crippen molar-refractivity contribution < 1.29 is 23.1 Å². The number of sulfonamides is 1. The average molecular weight is 326 g/mol. The van der Waals surface area contributed by atoms with E-state index in [9.17, 15) is 18.0 Å². The van der Waals surface area contributed by atoms with Crippen LogP contribution in [0.5, 0.6) is 0 Å². The van der Waals surface area contributed by atoms with E-state index in [4.69, 9.17) is 10.2 Å². The minimum absolute atomic E-state index is 0.115. The largest absolute Gasteiger partial charge is 0.481 e. The van der Waals surface area contributed by atoms with Gasteiger partial charge in [-0.2, -0.15) is 0 Å². The quantitative estimate of drug-likeness (QED) is 0.705. The van der Waals surface area contributed by atoms with Crippen LogP contribution in [0.25, 0.3) is 0 Å². The van der Waals surface area contributed by atoms with Crippen LogP contribution in [0.4, 0.5) is 0 Å². The van der Waals surface area contributed by atoms with Crippen molar-refractivity contribution in [1.82, 2.24) is 5.32 Å². The molecule has 1 aromatic rings. The maximum Gasteiger partial charge on any atom is 0.305 e. The molecule has 0 atom stereocenters. The van der Waals surface area contributed by atoms with Crippen LogP contribution >= 0.6 is 0 Å². The number of benzene rings is 1. The number of carbonyl (C=O) groups excluding carboxylic acids is 1. The SMILES string of the molecule is NS(=O)(=O)Cc1cccc(C(=O)NC2(CC(=O)O)CCC2)c1. The van der Waals surface area contributed by atoms with E-state index in [-0.39, 0.29) is 17.7 Å². The Morgan fingerprint density at radius 3 is 2.50 bits per heavy atom. The molecule has 1 aromatic carbocycles. The highest BCUT2D eigenvalue weighted by Gasteiger charge is 2.40. The number of carbonyl (C=O) groups is 2. The monoisotopic (exact) mass is 326 g/mol. The fraction of sp³-hybridized carbons (Fsp3) is 0.429. The topological polar surface area (TPSA) is 127 Å². The Balaban J connectivity index is 2.12.